The lowest BCUT2D eigenvalue weighted by Gasteiger charge is -2.24. The summed E-state index contributed by atoms with van der Waals surface area (Å²) in [6.07, 6.45) is 2.25. The van der Waals surface area contributed by atoms with Gasteiger partial charge in [-0.3, -0.25) is 0 Å². The van der Waals surface area contributed by atoms with Crippen LogP contribution in [0.3, 0.4) is 0 Å². The summed E-state index contributed by atoms with van der Waals surface area (Å²) in [6, 6.07) is 9.81. The third-order valence-corrected chi connectivity index (χ3v) is 2.47. The summed E-state index contributed by atoms with van der Waals surface area (Å²) < 4.78 is 0. The van der Waals surface area contributed by atoms with Crippen LogP contribution in [0.15, 0.2) is 18.2 Å². The second-order valence-corrected chi connectivity index (χ2v) is 7.15. The fourth-order valence-electron chi connectivity index (χ4n) is 1.94. The molecule has 0 atom stereocenters. The fraction of sp³-hybridized carbons (Fsp3) is 0.625. The molecule has 0 fully saturated rings. The summed E-state index contributed by atoms with van der Waals surface area (Å²) in [5.74, 6) is 0. The molecule has 1 aromatic rings. The Morgan fingerprint density at radius 2 is 1.50 bits per heavy atom. The minimum Gasteiger partial charge on any atom is -0.0614 e. The van der Waals surface area contributed by atoms with Gasteiger partial charge in [0.25, 0.3) is 0 Å². The molecule has 89 valence electrons. The summed E-state index contributed by atoms with van der Waals surface area (Å²) in [4.78, 5) is 0. The van der Waals surface area contributed by atoms with Crippen LogP contribution in [0.25, 0.3) is 0 Å². The zero-order chi connectivity index (χ0) is 12.4. The summed E-state index contributed by atoms with van der Waals surface area (Å²) in [5, 5.41) is 0. The van der Waals surface area contributed by atoms with E-state index in [0.717, 1.165) is 12.8 Å². The lowest BCUT2D eigenvalue weighted by molar-refractivity contribution is 0.392. The molecule has 1 radical (unpaired) electrons. The Labute approximate surface area is 101 Å². The topological polar surface area (TPSA) is 0 Å². The van der Waals surface area contributed by atoms with Crippen LogP contribution in [0.4, 0.5) is 0 Å². The average Bonchev–Trinajstić information content (AvgIpc) is 2.03. The number of benzene rings is 1. The molecular weight excluding hydrogens is 192 g/mol. The molecule has 0 aromatic heterocycles. The van der Waals surface area contributed by atoms with Crippen molar-refractivity contribution < 1.29 is 0 Å². The second-order valence-electron chi connectivity index (χ2n) is 7.15. The van der Waals surface area contributed by atoms with Gasteiger partial charge in [0.05, 0.1) is 0 Å². The number of hydrogen-bond donors (Lipinski definition) is 0. The van der Waals surface area contributed by atoms with Crippen molar-refractivity contribution >= 4 is 0 Å². The molecule has 0 aliphatic heterocycles. The van der Waals surface area contributed by atoms with E-state index in [1.165, 1.54) is 11.1 Å². The zero-order valence-electron chi connectivity index (χ0n) is 11.6. The molecule has 0 heterocycles. The van der Waals surface area contributed by atoms with E-state index in [0.29, 0.717) is 10.8 Å². The van der Waals surface area contributed by atoms with E-state index in [1.54, 1.807) is 0 Å². The molecule has 0 N–H and O–H groups in total. The van der Waals surface area contributed by atoms with E-state index in [4.69, 9.17) is 0 Å². The molecular formula is C16H25. The first-order chi connectivity index (χ1) is 7.17. The van der Waals surface area contributed by atoms with Gasteiger partial charge >= 0.3 is 0 Å². The van der Waals surface area contributed by atoms with Crippen molar-refractivity contribution in [2.24, 2.45) is 10.8 Å². The van der Waals surface area contributed by atoms with Gasteiger partial charge < -0.3 is 0 Å². The van der Waals surface area contributed by atoms with Crippen molar-refractivity contribution in [1.82, 2.24) is 0 Å². The standard InChI is InChI=1S/C16H25/c1-15(2,3)11-13-9-7-8-10-14(13)12-16(4,5)6/h7-9H,11-12H2,1-6H3. The van der Waals surface area contributed by atoms with Crippen LogP contribution in [-0.4, -0.2) is 0 Å². The molecule has 1 rings (SSSR count). The van der Waals surface area contributed by atoms with Gasteiger partial charge in [0.15, 0.2) is 0 Å². The minimum absolute atomic E-state index is 0.338. The van der Waals surface area contributed by atoms with Crippen molar-refractivity contribution in [2.75, 3.05) is 0 Å². The van der Waals surface area contributed by atoms with Crippen molar-refractivity contribution in [1.29, 1.82) is 0 Å². The molecule has 1 aromatic carbocycles. The summed E-state index contributed by atoms with van der Waals surface area (Å²) >= 11 is 0. The Balaban J connectivity index is 2.92. The van der Waals surface area contributed by atoms with Gasteiger partial charge in [-0.15, -0.1) is 0 Å². The van der Waals surface area contributed by atoms with E-state index < -0.39 is 0 Å². The van der Waals surface area contributed by atoms with Crippen LogP contribution in [0.5, 0.6) is 0 Å². The lowest BCUT2D eigenvalue weighted by atomic mass is 9.81. The summed E-state index contributed by atoms with van der Waals surface area (Å²) in [5.41, 5.74) is 3.54. The molecule has 0 saturated heterocycles. The molecule has 16 heavy (non-hydrogen) atoms. The van der Waals surface area contributed by atoms with Gasteiger partial charge in [-0.1, -0.05) is 59.7 Å². The Kier molecular flexibility index (Phi) is 3.83. The first-order valence-corrected chi connectivity index (χ1v) is 6.16. The number of rotatable bonds is 2. The maximum absolute atomic E-state index is 3.42. The molecule has 0 unspecified atom stereocenters. The van der Waals surface area contributed by atoms with Crippen LogP contribution in [0, 0.1) is 16.9 Å². The fourth-order valence-corrected chi connectivity index (χ4v) is 1.94. The van der Waals surface area contributed by atoms with E-state index in [-0.39, 0.29) is 0 Å². The smallest absolute Gasteiger partial charge is 0.0146 e. The first kappa shape index (κ1) is 13.3. The third-order valence-electron chi connectivity index (χ3n) is 2.47. The highest BCUT2D eigenvalue weighted by Crippen LogP contribution is 2.27. The molecule has 0 nitrogen and oxygen atoms in total. The molecule has 0 saturated carbocycles. The Morgan fingerprint density at radius 1 is 0.938 bits per heavy atom. The van der Waals surface area contributed by atoms with Crippen LogP contribution in [0.1, 0.15) is 52.7 Å². The normalized spacial score (nSPS) is 12.9. The monoisotopic (exact) mass is 217 g/mol. The second kappa shape index (κ2) is 4.61. The highest BCUT2D eigenvalue weighted by atomic mass is 14.2. The average molecular weight is 217 g/mol. The van der Waals surface area contributed by atoms with E-state index in [9.17, 15) is 0 Å². The van der Waals surface area contributed by atoms with Gasteiger partial charge in [0.1, 0.15) is 0 Å². The van der Waals surface area contributed by atoms with Crippen LogP contribution >= 0.6 is 0 Å². The van der Waals surface area contributed by atoms with Crippen LogP contribution in [0.2, 0.25) is 0 Å². The van der Waals surface area contributed by atoms with Crippen LogP contribution in [-0.2, 0) is 12.8 Å². The van der Waals surface area contributed by atoms with Gasteiger partial charge in [-0.2, -0.15) is 0 Å². The minimum atomic E-state index is 0.338. The van der Waals surface area contributed by atoms with Crippen molar-refractivity contribution in [2.45, 2.75) is 54.4 Å². The van der Waals surface area contributed by atoms with Crippen molar-refractivity contribution in [3.8, 4) is 0 Å². The van der Waals surface area contributed by atoms with E-state index in [1.807, 2.05) is 6.07 Å². The third kappa shape index (κ3) is 4.83. The lowest BCUT2D eigenvalue weighted by Crippen LogP contribution is -2.15. The predicted octanol–water partition coefficient (Wildman–Crippen LogP) is 4.66. The molecule has 0 aliphatic rings. The van der Waals surface area contributed by atoms with Gasteiger partial charge in [-0.25, -0.2) is 0 Å². The van der Waals surface area contributed by atoms with Crippen molar-refractivity contribution in [3.05, 3.63) is 35.4 Å². The quantitative estimate of drug-likeness (QED) is 0.675. The first-order valence-electron chi connectivity index (χ1n) is 6.16. The SMILES string of the molecule is CC(C)(C)Cc1[c]cccc1CC(C)(C)C. The molecule has 0 amide bonds. The van der Waals surface area contributed by atoms with Crippen molar-refractivity contribution in [3.63, 3.8) is 0 Å². The van der Waals surface area contributed by atoms with Crippen LogP contribution < -0.4 is 0 Å². The molecule has 0 bridgehead atoms. The van der Waals surface area contributed by atoms with Gasteiger partial charge in [-0.05, 0) is 40.9 Å². The maximum Gasteiger partial charge on any atom is -0.0146 e. The predicted molar refractivity (Wildman–Crippen MR) is 71.6 cm³/mol. The van der Waals surface area contributed by atoms with Gasteiger partial charge in [0, 0.05) is 0 Å². The molecule has 0 spiro atoms. The highest BCUT2D eigenvalue weighted by molar-refractivity contribution is 5.27. The molecule has 0 heteroatoms. The van der Waals surface area contributed by atoms with E-state index in [2.05, 4.69) is 59.7 Å². The maximum atomic E-state index is 3.42. The van der Waals surface area contributed by atoms with Gasteiger partial charge in [0.2, 0.25) is 0 Å². The Morgan fingerprint density at radius 3 is 2.00 bits per heavy atom. The van der Waals surface area contributed by atoms with E-state index >= 15 is 0 Å². The Bertz CT molecular complexity index is 299. The number of hydrogen-bond acceptors (Lipinski definition) is 0. The zero-order valence-corrected chi connectivity index (χ0v) is 11.6. The summed E-state index contributed by atoms with van der Waals surface area (Å²) in [7, 11) is 0. The highest BCUT2D eigenvalue weighted by Gasteiger charge is 2.17. The molecule has 0 aliphatic carbocycles. The summed E-state index contributed by atoms with van der Waals surface area (Å²) in [6.45, 7) is 13.7. The Hall–Kier alpha value is -0.780. The largest absolute Gasteiger partial charge is 0.0614 e.